The zero-order chi connectivity index (χ0) is 10.8. The summed E-state index contributed by atoms with van der Waals surface area (Å²) in [6.45, 7) is 2.17. The van der Waals surface area contributed by atoms with Gasteiger partial charge in [0.2, 0.25) is 0 Å². The van der Waals surface area contributed by atoms with Gasteiger partial charge in [-0.1, -0.05) is 13.3 Å². The summed E-state index contributed by atoms with van der Waals surface area (Å²) >= 11 is 3.56. The molecule has 0 aromatic carbocycles. The SMILES string of the molecule is CCCc1nc(C2CC2)nc(NC)c1Br. The minimum absolute atomic E-state index is 0.612. The summed E-state index contributed by atoms with van der Waals surface area (Å²) in [5.41, 5.74) is 1.14. The van der Waals surface area contributed by atoms with Crippen molar-refractivity contribution in [2.45, 2.75) is 38.5 Å². The van der Waals surface area contributed by atoms with E-state index in [1.807, 2.05) is 7.05 Å². The molecule has 0 aliphatic heterocycles. The van der Waals surface area contributed by atoms with E-state index in [-0.39, 0.29) is 0 Å². The van der Waals surface area contributed by atoms with Crippen LogP contribution < -0.4 is 5.32 Å². The van der Waals surface area contributed by atoms with E-state index < -0.39 is 0 Å². The molecule has 1 heterocycles. The maximum atomic E-state index is 4.63. The highest BCUT2D eigenvalue weighted by atomic mass is 79.9. The Morgan fingerprint density at radius 3 is 2.67 bits per heavy atom. The number of hydrogen-bond acceptors (Lipinski definition) is 3. The van der Waals surface area contributed by atoms with Crippen LogP contribution >= 0.6 is 15.9 Å². The van der Waals surface area contributed by atoms with Gasteiger partial charge >= 0.3 is 0 Å². The molecule has 15 heavy (non-hydrogen) atoms. The second kappa shape index (κ2) is 4.47. The number of nitrogens with zero attached hydrogens (tertiary/aromatic N) is 2. The largest absolute Gasteiger partial charge is 0.372 e. The van der Waals surface area contributed by atoms with Crippen LogP contribution in [0.5, 0.6) is 0 Å². The fraction of sp³-hybridized carbons (Fsp3) is 0.636. The quantitative estimate of drug-likeness (QED) is 0.913. The minimum Gasteiger partial charge on any atom is -0.372 e. The summed E-state index contributed by atoms with van der Waals surface area (Å²) in [5.74, 6) is 2.56. The second-order valence-electron chi connectivity index (χ2n) is 3.97. The van der Waals surface area contributed by atoms with Gasteiger partial charge in [0.25, 0.3) is 0 Å². The Morgan fingerprint density at radius 2 is 2.13 bits per heavy atom. The van der Waals surface area contributed by atoms with Gasteiger partial charge in [-0.25, -0.2) is 9.97 Å². The van der Waals surface area contributed by atoms with Crippen LogP contribution in [0.15, 0.2) is 4.47 Å². The van der Waals surface area contributed by atoms with E-state index in [1.165, 1.54) is 12.8 Å². The van der Waals surface area contributed by atoms with E-state index in [9.17, 15) is 0 Å². The lowest BCUT2D eigenvalue weighted by atomic mass is 10.2. The van der Waals surface area contributed by atoms with Gasteiger partial charge in [0.15, 0.2) is 0 Å². The number of nitrogens with one attached hydrogen (secondary N) is 1. The minimum atomic E-state index is 0.612. The summed E-state index contributed by atoms with van der Waals surface area (Å²) < 4.78 is 1.02. The van der Waals surface area contributed by atoms with Crippen molar-refractivity contribution in [2.75, 3.05) is 12.4 Å². The van der Waals surface area contributed by atoms with Crippen LogP contribution in [0.25, 0.3) is 0 Å². The van der Waals surface area contributed by atoms with Crippen LogP contribution in [0.4, 0.5) is 5.82 Å². The fourth-order valence-electron chi connectivity index (χ4n) is 1.60. The van der Waals surface area contributed by atoms with Gasteiger partial charge in [-0.3, -0.25) is 0 Å². The molecule has 0 radical (unpaired) electrons. The first-order valence-electron chi connectivity index (χ1n) is 5.50. The molecule has 0 unspecified atom stereocenters. The molecule has 82 valence electrons. The van der Waals surface area contributed by atoms with Gasteiger partial charge in [-0.15, -0.1) is 0 Å². The third-order valence-electron chi connectivity index (χ3n) is 2.60. The molecule has 1 N–H and O–H groups in total. The Balaban J connectivity index is 2.37. The van der Waals surface area contributed by atoms with Crippen molar-refractivity contribution >= 4 is 21.7 Å². The van der Waals surface area contributed by atoms with Crippen molar-refractivity contribution in [1.29, 1.82) is 0 Å². The van der Waals surface area contributed by atoms with Crippen LogP contribution in [0.2, 0.25) is 0 Å². The van der Waals surface area contributed by atoms with Crippen molar-refractivity contribution in [3.63, 3.8) is 0 Å². The number of anilines is 1. The summed E-state index contributed by atoms with van der Waals surface area (Å²) in [6, 6.07) is 0. The van der Waals surface area contributed by atoms with Crippen LogP contribution in [-0.2, 0) is 6.42 Å². The number of aryl methyl sites for hydroxylation is 1. The van der Waals surface area contributed by atoms with Gasteiger partial charge in [-0.05, 0) is 35.2 Å². The third-order valence-corrected chi connectivity index (χ3v) is 3.44. The van der Waals surface area contributed by atoms with E-state index in [0.29, 0.717) is 5.92 Å². The van der Waals surface area contributed by atoms with Gasteiger partial charge in [0.1, 0.15) is 11.6 Å². The van der Waals surface area contributed by atoms with E-state index in [2.05, 4.69) is 38.1 Å². The number of rotatable bonds is 4. The summed E-state index contributed by atoms with van der Waals surface area (Å²) in [6.07, 6.45) is 4.62. The van der Waals surface area contributed by atoms with Gasteiger partial charge in [-0.2, -0.15) is 0 Å². The van der Waals surface area contributed by atoms with E-state index in [4.69, 9.17) is 0 Å². The average Bonchev–Trinajstić information content (AvgIpc) is 3.05. The van der Waals surface area contributed by atoms with Crippen LogP contribution in [0, 0.1) is 0 Å². The standard InChI is InChI=1S/C11H16BrN3/c1-3-4-8-9(12)11(13-2)15-10(14-8)7-5-6-7/h7H,3-6H2,1-2H3,(H,13,14,15). The van der Waals surface area contributed by atoms with Crippen molar-refractivity contribution in [1.82, 2.24) is 9.97 Å². The Bertz CT molecular complexity index is 361. The van der Waals surface area contributed by atoms with Crippen LogP contribution in [0.1, 0.15) is 43.6 Å². The van der Waals surface area contributed by atoms with E-state index in [1.54, 1.807) is 0 Å². The van der Waals surface area contributed by atoms with Gasteiger partial charge < -0.3 is 5.32 Å². The maximum Gasteiger partial charge on any atom is 0.144 e. The molecule has 3 nitrogen and oxygen atoms in total. The fourth-order valence-corrected chi connectivity index (χ4v) is 2.18. The molecule has 0 amide bonds. The highest BCUT2D eigenvalue weighted by Crippen LogP contribution is 2.39. The first-order chi connectivity index (χ1) is 7.26. The molecule has 0 spiro atoms. The van der Waals surface area contributed by atoms with Gasteiger partial charge in [0.05, 0.1) is 10.2 Å². The predicted molar refractivity (Wildman–Crippen MR) is 65.2 cm³/mol. The Labute approximate surface area is 98.8 Å². The maximum absolute atomic E-state index is 4.63. The molecule has 2 rings (SSSR count). The molecule has 1 aliphatic rings. The predicted octanol–water partition coefficient (Wildman–Crippen LogP) is 3.11. The number of hydrogen-bond donors (Lipinski definition) is 1. The Kier molecular flexibility index (Phi) is 3.24. The summed E-state index contributed by atoms with van der Waals surface area (Å²) in [7, 11) is 1.90. The first-order valence-corrected chi connectivity index (χ1v) is 6.29. The Morgan fingerprint density at radius 1 is 1.40 bits per heavy atom. The molecule has 1 aromatic heterocycles. The average molecular weight is 270 g/mol. The van der Waals surface area contributed by atoms with Crippen molar-refractivity contribution in [3.05, 3.63) is 16.0 Å². The highest BCUT2D eigenvalue weighted by molar-refractivity contribution is 9.10. The molecule has 0 atom stereocenters. The van der Waals surface area contributed by atoms with Crippen LogP contribution in [-0.4, -0.2) is 17.0 Å². The lowest BCUT2D eigenvalue weighted by Gasteiger charge is -2.09. The zero-order valence-electron chi connectivity index (χ0n) is 9.18. The molecule has 1 aromatic rings. The number of aromatic nitrogens is 2. The molecule has 0 saturated heterocycles. The summed E-state index contributed by atoms with van der Waals surface area (Å²) in [4.78, 5) is 9.16. The normalized spacial score (nSPS) is 15.4. The molecule has 4 heteroatoms. The summed E-state index contributed by atoms with van der Waals surface area (Å²) in [5, 5.41) is 3.12. The number of halogens is 1. The Hall–Kier alpha value is -0.640. The molecule has 0 bridgehead atoms. The van der Waals surface area contributed by atoms with Crippen LogP contribution in [0.3, 0.4) is 0 Å². The monoisotopic (exact) mass is 269 g/mol. The lowest BCUT2D eigenvalue weighted by Crippen LogP contribution is -2.04. The smallest absolute Gasteiger partial charge is 0.144 e. The van der Waals surface area contributed by atoms with Crippen molar-refractivity contribution in [3.8, 4) is 0 Å². The van der Waals surface area contributed by atoms with Crippen molar-refractivity contribution in [2.24, 2.45) is 0 Å². The van der Waals surface area contributed by atoms with E-state index in [0.717, 1.165) is 34.7 Å². The molecular weight excluding hydrogens is 254 g/mol. The zero-order valence-corrected chi connectivity index (χ0v) is 10.8. The molecule has 1 fully saturated rings. The highest BCUT2D eigenvalue weighted by Gasteiger charge is 2.28. The molecular formula is C11H16BrN3. The van der Waals surface area contributed by atoms with Gasteiger partial charge in [0, 0.05) is 13.0 Å². The van der Waals surface area contributed by atoms with Crippen molar-refractivity contribution < 1.29 is 0 Å². The third kappa shape index (κ3) is 2.30. The molecule has 1 aliphatic carbocycles. The topological polar surface area (TPSA) is 37.8 Å². The lowest BCUT2D eigenvalue weighted by molar-refractivity contribution is 0.823. The van der Waals surface area contributed by atoms with E-state index >= 15 is 0 Å². The second-order valence-corrected chi connectivity index (χ2v) is 4.76. The first kappa shape index (κ1) is 10.9. The molecule has 1 saturated carbocycles.